The van der Waals surface area contributed by atoms with E-state index in [2.05, 4.69) is 26.1 Å². The zero-order valence-corrected chi connectivity index (χ0v) is 24.6. The minimum Gasteiger partial charge on any atom is -0.348 e. The summed E-state index contributed by atoms with van der Waals surface area (Å²) in [4.78, 5) is 54.5. The van der Waals surface area contributed by atoms with Crippen molar-refractivity contribution in [1.82, 2.24) is 25.3 Å². The van der Waals surface area contributed by atoms with E-state index in [9.17, 15) is 19.2 Å². The summed E-state index contributed by atoms with van der Waals surface area (Å²) in [7, 11) is 3.83. The molecule has 1 saturated heterocycles. The molecular formula is C29H31Cl2N7O4. The molecule has 3 aromatic rings. The van der Waals surface area contributed by atoms with Gasteiger partial charge in [0, 0.05) is 43.0 Å². The van der Waals surface area contributed by atoms with Gasteiger partial charge in [0.05, 0.1) is 27.5 Å². The molecule has 1 fully saturated rings. The summed E-state index contributed by atoms with van der Waals surface area (Å²) in [5, 5.41) is 15.2. The number of nitrogens with zero attached hydrogens (tertiary/aromatic N) is 3. The summed E-state index contributed by atoms with van der Waals surface area (Å²) in [5.41, 5.74) is 1.47. The van der Waals surface area contributed by atoms with Gasteiger partial charge in [0.15, 0.2) is 0 Å². The number of likely N-dealkylation sites (tertiary alicyclic amines) is 1. The maximum atomic E-state index is 13.0. The van der Waals surface area contributed by atoms with Gasteiger partial charge in [-0.15, -0.1) is 0 Å². The van der Waals surface area contributed by atoms with Crippen LogP contribution >= 0.6 is 23.2 Å². The van der Waals surface area contributed by atoms with E-state index >= 15 is 0 Å². The zero-order valence-electron chi connectivity index (χ0n) is 23.1. The van der Waals surface area contributed by atoms with Gasteiger partial charge in [0.25, 0.3) is 17.7 Å². The number of H-pyrrole nitrogens is 1. The maximum absolute atomic E-state index is 13.0. The van der Waals surface area contributed by atoms with Crippen LogP contribution in [0, 0.1) is 0 Å². The van der Waals surface area contributed by atoms with Gasteiger partial charge in [-0.2, -0.15) is 5.10 Å². The first-order valence-electron chi connectivity index (χ1n) is 13.2. The largest absolute Gasteiger partial charge is 0.348 e. The van der Waals surface area contributed by atoms with E-state index < -0.39 is 11.8 Å². The number of hydrogen-bond donors (Lipinski definition) is 4. The van der Waals surface area contributed by atoms with Gasteiger partial charge in [0.2, 0.25) is 5.91 Å². The molecule has 0 saturated carbocycles. The highest BCUT2D eigenvalue weighted by Crippen LogP contribution is 2.26. The lowest BCUT2D eigenvalue weighted by Crippen LogP contribution is -2.46. The number of hydrogen-bond acceptors (Lipinski definition) is 6. The third-order valence-corrected chi connectivity index (χ3v) is 7.19. The molecule has 42 heavy (non-hydrogen) atoms. The molecule has 0 unspecified atom stereocenters. The van der Waals surface area contributed by atoms with E-state index in [1.165, 1.54) is 12.3 Å². The number of aromatic nitrogens is 2. The van der Waals surface area contributed by atoms with E-state index in [1.807, 2.05) is 19.0 Å². The summed E-state index contributed by atoms with van der Waals surface area (Å²) in [6.07, 6.45) is 5.68. The quantitative estimate of drug-likeness (QED) is 0.269. The second-order valence-electron chi connectivity index (χ2n) is 9.98. The third-order valence-electron chi connectivity index (χ3n) is 6.56. The second-order valence-corrected chi connectivity index (χ2v) is 10.8. The van der Waals surface area contributed by atoms with Gasteiger partial charge < -0.3 is 25.8 Å². The number of piperidine rings is 1. The van der Waals surface area contributed by atoms with E-state index in [4.69, 9.17) is 23.2 Å². The van der Waals surface area contributed by atoms with E-state index in [-0.39, 0.29) is 44.8 Å². The zero-order chi connectivity index (χ0) is 30.2. The Morgan fingerprint density at radius 2 is 1.67 bits per heavy atom. The minimum absolute atomic E-state index is 0.0883. The van der Waals surface area contributed by atoms with Crippen molar-refractivity contribution >= 4 is 58.2 Å². The summed E-state index contributed by atoms with van der Waals surface area (Å²) in [5.74, 6) is -1.37. The molecule has 4 N–H and O–H groups in total. The molecular weight excluding hydrogens is 581 g/mol. The number of anilines is 2. The Balaban J connectivity index is 1.27. The number of amides is 4. The van der Waals surface area contributed by atoms with Crippen LogP contribution in [0.5, 0.6) is 0 Å². The standard InChI is InChI=1S/C29H31Cl2N7O4/c1-37(2)14-4-7-24(39)33-19-10-8-18(9-11-19)29(42)38-15-12-20(13-16-38)34-28(41)26-23(17-32-36-26)35-27(40)25-21(30)5-3-6-22(25)31/h3-11,17,20H,12-16H2,1-2H3,(H,32,36)(H,33,39)(H,34,41)(H,35,40)/b7-4+. The van der Waals surface area contributed by atoms with Crippen LogP contribution in [0.1, 0.15) is 44.0 Å². The van der Waals surface area contributed by atoms with Crippen molar-refractivity contribution in [1.29, 1.82) is 0 Å². The molecule has 0 spiro atoms. The molecule has 13 heteroatoms. The topological polar surface area (TPSA) is 140 Å². The van der Waals surface area contributed by atoms with Crippen molar-refractivity contribution in [3.63, 3.8) is 0 Å². The Morgan fingerprint density at radius 1 is 1.00 bits per heavy atom. The first kappa shape index (κ1) is 30.8. The highest BCUT2D eigenvalue weighted by molar-refractivity contribution is 6.40. The normalized spacial score (nSPS) is 13.8. The van der Waals surface area contributed by atoms with E-state index in [0.717, 1.165) is 0 Å². The van der Waals surface area contributed by atoms with Crippen LogP contribution in [0.15, 0.2) is 60.8 Å². The van der Waals surface area contributed by atoms with Gasteiger partial charge in [-0.25, -0.2) is 0 Å². The smallest absolute Gasteiger partial charge is 0.271 e. The van der Waals surface area contributed by atoms with Crippen LogP contribution in [0.4, 0.5) is 11.4 Å². The van der Waals surface area contributed by atoms with Crippen LogP contribution in [0.25, 0.3) is 0 Å². The molecule has 0 bridgehead atoms. The molecule has 1 aliphatic rings. The monoisotopic (exact) mass is 611 g/mol. The molecule has 0 aliphatic carbocycles. The Kier molecular flexibility index (Phi) is 10.3. The van der Waals surface area contributed by atoms with Crippen LogP contribution in [0.3, 0.4) is 0 Å². The molecule has 1 aromatic heterocycles. The first-order valence-corrected chi connectivity index (χ1v) is 14.0. The number of aromatic amines is 1. The van der Waals surface area contributed by atoms with Crippen molar-refractivity contribution in [3.05, 3.63) is 87.7 Å². The van der Waals surface area contributed by atoms with Crippen LogP contribution < -0.4 is 16.0 Å². The average molecular weight is 613 g/mol. The summed E-state index contributed by atoms with van der Waals surface area (Å²) in [6, 6.07) is 11.3. The lowest BCUT2D eigenvalue weighted by atomic mass is 10.0. The fourth-order valence-electron chi connectivity index (χ4n) is 4.37. The first-order chi connectivity index (χ1) is 20.1. The summed E-state index contributed by atoms with van der Waals surface area (Å²) < 4.78 is 0. The fourth-order valence-corrected chi connectivity index (χ4v) is 4.94. The average Bonchev–Trinajstić information content (AvgIpc) is 3.41. The number of benzene rings is 2. The SMILES string of the molecule is CN(C)C/C=C/C(=O)Nc1ccc(C(=O)N2CCC(NC(=O)c3[nH]ncc3NC(=O)c3c(Cl)cccc3Cl)CC2)cc1. The van der Waals surface area contributed by atoms with Crippen molar-refractivity contribution in [2.45, 2.75) is 18.9 Å². The lowest BCUT2D eigenvalue weighted by molar-refractivity contribution is -0.111. The van der Waals surface area contributed by atoms with E-state index in [0.29, 0.717) is 43.7 Å². The van der Waals surface area contributed by atoms with Crippen LogP contribution in [-0.4, -0.2) is 83.4 Å². The molecule has 4 rings (SSSR count). The van der Waals surface area contributed by atoms with Crippen LogP contribution in [0.2, 0.25) is 10.0 Å². The van der Waals surface area contributed by atoms with E-state index in [1.54, 1.807) is 53.4 Å². The van der Waals surface area contributed by atoms with Crippen molar-refractivity contribution in [2.24, 2.45) is 0 Å². The molecule has 0 atom stereocenters. The van der Waals surface area contributed by atoms with Crippen LogP contribution in [-0.2, 0) is 4.79 Å². The third kappa shape index (κ3) is 7.96. The maximum Gasteiger partial charge on any atom is 0.271 e. The van der Waals surface area contributed by atoms with Crippen molar-refractivity contribution < 1.29 is 19.2 Å². The Bertz CT molecular complexity index is 1460. The van der Waals surface area contributed by atoms with Crippen molar-refractivity contribution in [3.8, 4) is 0 Å². The number of likely N-dealkylation sites (N-methyl/N-ethyl adjacent to an activating group) is 1. The van der Waals surface area contributed by atoms with Gasteiger partial charge >= 0.3 is 0 Å². The van der Waals surface area contributed by atoms with Gasteiger partial charge in [0.1, 0.15) is 5.69 Å². The number of carbonyl (C=O) groups is 4. The molecule has 2 heterocycles. The van der Waals surface area contributed by atoms with Gasteiger partial charge in [-0.1, -0.05) is 35.3 Å². The highest BCUT2D eigenvalue weighted by Gasteiger charge is 2.27. The number of nitrogens with one attached hydrogen (secondary N) is 4. The fraction of sp³-hybridized carbons (Fsp3) is 0.276. The molecule has 220 valence electrons. The minimum atomic E-state index is -0.569. The number of carbonyl (C=O) groups excluding carboxylic acids is 4. The number of rotatable bonds is 9. The lowest BCUT2D eigenvalue weighted by Gasteiger charge is -2.32. The number of halogens is 2. The highest BCUT2D eigenvalue weighted by atomic mass is 35.5. The van der Waals surface area contributed by atoms with Gasteiger partial charge in [-0.05, 0) is 63.3 Å². The Labute approximate surface area is 253 Å². The molecule has 4 amide bonds. The van der Waals surface area contributed by atoms with Crippen molar-refractivity contribution in [2.75, 3.05) is 44.4 Å². The second kappa shape index (κ2) is 14.1. The van der Waals surface area contributed by atoms with Gasteiger partial charge in [-0.3, -0.25) is 24.3 Å². The Hall–Kier alpha value is -4.19. The summed E-state index contributed by atoms with van der Waals surface area (Å²) >= 11 is 12.2. The molecule has 1 aliphatic heterocycles. The predicted molar refractivity (Wildman–Crippen MR) is 162 cm³/mol. The molecule has 0 radical (unpaired) electrons. The Morgan fingerprint density at radius 3 is 2.31 bits per heavy atom. The molecule has 2 aromatic carbocycles. The molecule has 11 nitrogen and oxygen atoms in total. The predicted octanol–water partition coefficient (Wildman–Crippen LogP) is 4.06. The summed E-state index contributed by atoms with van der Waals surface area (Å²) in [6.45, 7) is 1.57.